The van der Waals surface area contributed by atoms with Gasteiger partial charge in [-0.2, -0.15) is 0 Å². The van der Waals surface area contributed by atoms with Gasteiger partial charge in [-0.15, -0.1) is 0 Å². The highest BCUT2D eigenvalue weighted by atomic mass is 127. The molecule has 3 aromatic carbocycles. The van der Waals surface area contributed by atoms with E-state index in [4.69, 9.17) is 4.74 Å². The summed E-state index contributed by atoms with van der Waals surface area (Å²) >= 11 is 2.12. The van der Waals surface area contributed by atoms with Crippen LogP contribution in [0.1, 0.15) is 50.8 Å². The first-order chi connectivity index (χ1) is 15.3. The molecule has 0 bridgehead atoms. The zero-order valence-corrected chi connectivity index (χ0v) is 20.6. The first-order valence-corrected chi connectivity index (χ1v) is 12.1. The number of halogens is 1. The Labute approximate surface area is 201 Å². The highest BCUT2D eigenvalue weighted by molar-refractivity contribution is 14.1. The van der Waals surface area contributed by atoms with E-state index in [0.717, 1.165) is 34.4 Å². The Morgan fingerprint density at radius 3 is 2.72 bits per heavy atom. The van der Waals surface area contributed by atoms with Gasteiger partial charge in [0.05, 0.1) is 16.2 Å². The summed E-state index contributed by atoms with van der Waals surface area (Å²) in [5.41, 5.74) is 5.01. The molecule has 0 amide bonds. The van der Waals surface area contributed by atoms with Crippen LogP contribution < -0.4 is 10.1 Å². The Hall–Kier alpha value is -2.54. The van der Waals surface area contributed by atoms with E-state index in [1.54, 1.807) is 0 Å². The minimum Gasteiger partial charge on any atom is -0.504 e. The van der Waals surface area contributed by atoms with Crippen LogP contribution in [0.2, 0.25) is 0 Å². The second kappa shape index (κ2) is 7.80. The first-order valence-electron chi connectivity index (χ1n) is 11.0. The summed E-state index contributed by atoms with van der Waals surface area (Å²) in [5.74, 6) is 0.781. The van der Waals surface area contributed by atoms with Crippen LogP contribution in [-0.2, 0) is 4.79 Å². The van der Waals surface area contributed by atoms with Crippen LogP contribution >= 0.6 is 22.6 Å². The number of hydrogen-bond donors (Lipinski definition) is 2. The molecule has 0 fully saturated rings. The standard InChI is InChI=1S/C27H26INO3/c1-4-32-22-12-16(11-19(28)26(22)31)25-24-18(13-27(2,3)14-21(24)30)23-17-8-6-5-7-15(17)9-10-20(23)29-25/h5-12,25,29,31H,4,13-14H2,1-3H3/t25-/m0/s1. The zero-order valence-electron chi connectivity index (χ0n) is 18.5. The molecular weight excluding hydrogens is 513 g/mol. The number of benzene rings is 3. The molecule has 2 aliphatic rings. The fourth-order valence-electron chi connectivity index (χ4n) is 5.11. The number of Topliss-reactive ketones (excluding diaryl/α,β-unsaturated/α-hetero) is 1. The van der Waals surface area contributed by atoms with Crippen LogP contribution in [0.4, 0.5) is 5.69 Å². The zero-order chi connectivity index (χ0) is 22.6. The van der Waals surface area contributed by atoms with Gasteiger partial charge < -0.3 is 15.2 Å². The lowest BCUT2D eigenvalue weighted by molar-refractivity contribution is -0.118. The molecule has 1 aliphatic heterocycles. The summed E-state index contributed by atoms with van der Waals surface area (Å²) in [4.78, 5) is 13.6. The van der Waals surface area contributed by atoms with E-state index in [9.17, 15) is 9.90 Å². The summed E-state index contributed by atoms with van der Waals surface area (Å²) < 4.78 is 6.40. The van der Waals surface area contributed by atoms with Crippen LogP contribution in [0.5, 0.6) is 11.5 Å². The molecule has 0 unspecified atom stereocenters. The predicted octanol–water partition coefficient (Wildman–Crippen LogP) is 6.86. The van der Waals surface area contributed by atoms with E-state index in [2.05, 4.69) is 72.1 Å². The monoisotopic (exact) mass is 539 g/mol. The first kappa shape index (κ1) is 21.3. The third kappa shape index (κ3) is 3.47. The molecule has 3 aromatic rings. The van der Waals surface area contributed by atoms with E-state index >= 15 is 0 Å². The number of ether oxygens (including phenoxy) is 1. The van der Waals surface area contributed by atoms with Gasteiger partial charge in [-0.25, -0.2) is 0 Å². The van der Waals surface area contributed by atoms with Gasteiger partial charge in [-0.1, -0.05) is 44.2 Å². The van der Waals surface area contributed by atoms with Gasteiger partial charge in [-0.05, 0) is 81.5 Å². The molecule has 0 radical (unpaired) electrons. The van der Waals surface area contributed by atoms with Crippen LogP contribution in [0.25, 0.3) is 16.3 Å². The van der Waals surface area contributed by atoms with Crippen LogP contribution in [-0.4, -0.2) is 17.5 Å². The maximum absolute atomic E-state index is 13.6. The highest BCUT2D eigenvalue weighted by Crippen LogP contribution is 2.52. The SMILES string of the molecule is CCOc1cc([C@@H]2Nc3ccc4ccccc4c3C3=C2C(=O)CC(C)(C)C3)cc(I)c1O. The van der Waals surface area contributed by atoms with Gasteiger partial charge in [0.25, 0.3) is 0 Å². The average Bonchev–Trinajstić information content (AvgIpc) is 2.75. The molecule has 1 aliphatic carbocycles. The third-order valence-electron chi connectivity index (χ3n) is 6.42. The van der Waals surface area contributed by atoms with Gasteiger partial charge in [-0.3, -0.25) is 4.79 Å². The van der Waals surface area contributed by atoms with E-state index < -0.39 is 0 Å². The van der Waals surface area contributed by atoms with Gasteiger partial charge in [0.1, 0.15) is 0 Å². The molecule has 1 heterocycles. The Kier molecular flexibility index (Phi) is 5.19. The van der Waals surface area contributed by atoms with E-state index in [1.165, 1.54) is 10.8 Å². The number of aromatic hydroxyl groups is 1. The Bertz CT molecular complexity index is 1290. The molecule has 164 valence electrons. The van der Waals surface area contributed by atoms with Crippen LogP contribution in [0, 0.1) is 8.99 Å². The topological polar surface area (TPSA) is 58.6 Å². The number of rotatable bonds is 3. The molecule has 0 spiro atoms. The lowest BCUT2D eigenvalue weighted by atomic mass is 9.68. The number of carbonyl (C=O) groups is 1. The quantitative estimate of drug-likeness (QED) is 0.357. The Morgan fingerprint density at radius 1 is 1.16 bits per heavy atom. The molecule has 4 nitrogen and oxygen atoms in total. The summed E-state index contributed by atoms with van der Waals surface area (Å²) in [6, 6.07) is 16.1. The summed E-state index contributed by atoms with van der Waals surface area (Å²) in [7, 11) is 0. The number of ketones is 1. The van der Waals surface area contributed by atoms with Gasteiger partial charge in [0, 0.05) is 23.2 Å². The molecule has 1 atom stereocenters. The average molecular weight is 539 g/mol. The normalized spacial score (nSPS) is 19.4. The Morgan fingerprint density at radius 2 is 1.94 bits per heavy atom. The van der Waals surface area contributed by atoms with Crippen molar-refractivity contribution >= 4 is 50.4 Å². The number of fused-ring (bicyclic) bond motifs is 4. The van der Waals surface area contributed by atoms with Crippen molar-refractivity contribution in [3.63, 3.8) is 0 Å². The maximum Gasteiger partial charge on any atom is 0.171 e. The predicted molar refractivity (Wildman–Crippen MR) is 137 cm³/mol. The van der Waals surface area contributed by atoms with Crippen molar-refractivity contribution in [2.24, 2.45) is 5.41 Å². The lowest BCUT2D eigenvalue weighted by Gasteiger charge is -2.40. The minimum absolute atomic E-state index is 0.0914. The van der Waals surface area contributed by atoms with Crippen molar-refractivity contribution < 1.29 is 14.6 Å². The van der Waals surface area contributed by atoms with E-state index in [0.29, 0.717) is 22.3 Å². The van der Waals surface area contributed by atoms with Gasteiger partial charge >= 0.3 is 0 Å². The second-order valence-electron chi connectivity index (χ2n) is 9.40. The van der Waals surface area contributed by atoms with Gasteiger partial charge in [0.2, 0.25) is 0 Å². The maximum atomic E-state index is 13.6. The second-order valence-corrected chi connectivity index (χ2v) is 10.6. The number of carbonyl (C=O) groups excluding carboxylic acids is 1. The fourth-order valence-corrected chi connectivity index (χ4v) is 5.74. The summed E-state index contributed by atoms with van der Waals surface area (Å²) in [6.45, 7) is 6.70. The number of anilines is 1. The lowest BCUT2D eigenvalue weighted by Crippen LogP contribution is -2.33. The van der Waals surface area contributed by atoms with Crippen molar-refractivity contribution in [1.29, 1.82) is 0 Å². The molecular formula is C27H26INO3. The van der Waals surface area contributed by atoms with Crippen molar-refractivity contribution in [2.45, 2.75) is 39.7 Å². The molecule has 5 rings (SSSR count). The number of nitrogens with one attached hydrogen (secondary N) is 1. The van der Waals surface area contributed by atoms with Crippen molar-refractivity contribution in [3.8, 4) is 11.5 Å². The smallest absolute Gasteiger partial charge is 0.171 e. The van der Waals surface area contributed by atoms with Crippen molar-refractivity contribution in [3.05, 3.63) is 68.8 Å². The molecule has 5 heteroatoms. The third-order valence-corrected chi connectivity index (χ3v) is 7.25. The number of allylic oxidation sites excluding steroid dienone is 1. The molecule has 0 aromatic heterocycles. The van der Waals surface area contributed by atoms with Crippen LogP contribution in [0.3, 0.4) is 0 Å². The molecule has 32 heavy (non-hydrogen) atoms. The molecule has 2 N–H and O–H groups in total. The fraction of sp³-hybridized carbons (Fsp3) is 0.296. The molecule has 0 saturated carbocycles. The summed E-state index contributed by atoms with van der Waals surface area (Å²) in [5, 5.41) is 16.5. The number of phenolic OH excluding ortho intramolecular Hbond substituents is 1. The summed E-state index contributed by atoms with van der Waals surface area (Å²) in [6.07, 6.45) is 1.37. The highest BCUT2D eigenvalue weighted by Gasteiger charge is 2.41. The molecule has 0 saturated heterocycles. The van der Waals surface area contributed by atoms with Crippen molar-refractivity contribution in [1.82, 2.24) is 0 Å². The minimum atomic E-state index is -0.282. The van der Waals surface area contributed by atoms with Crippen LogP contribution in [0.15, 0.2) is 54.1 Å². The van der Waals surface area contributed by atoms with Crippen molar-refractivity contribution in [2.75, 3.05) is 11.9 Å². The number of hydrogen-bond acceptors (Lipinski definition) is 4. The Balaban J connectivity index is 1.77. The largest absolute Gasteiger partial charge is 0.504 e. The van der Waals surface area contributed by atoms with E-state index in [-0.39, 0.29) is 23.0 Å². The van der Waals surface area contributed by atoms with Gasteiger partial charge in [0.15, 0.2) is 17.3 Å². The van der Waals surface area contributed by atoms with E-state index in [1.807, 2.05) is 25.1 Å². The number of phenols is 1.